The number of ether oxygens (including phenoxy) is 3. The third-order valence-electron chi connectivity index (χ3n) is 3.65. The van der Waals surface area contributed by atoms with E-state index in [0.717, 1.165) is 11.3 Å². The molecule has 0 saturated carbocycles. The van der Waals surface area contributed by atoms with Crippen molar-refractivity contribution >= 4 is 11.6 Å². The van der Waals surface area contributed by atoms with Gasteiger partial charge in [0.2, 0.25) is 5.75 Å². The molecule has 0 aliphatic rings. The summed E-state index contributed by atoms with van der Waals surface area (Å²) in [5.74, 6) is 2.08. The van der Waals surface area contributed by atoms with Gasteiger partial charge in [0, 0.05) is 5.69 Å². The van der Waals surface area contributed by atoms with Crippen molar-refractivity contribution in [2.45, 2.75) is 20.4 Å². The predicted octanol–water partition coefficient (Wildman–Crippen LogP) is 3.26. The number of rotatable bonds is 6. The van der Waals surface area contributed by atoms with Crippen LogP contribution in [-0.4, -0.2) is 27.3 Å². The summed E-state index contributed by atoms with van der Waals surface area (Å²) in [7, 11) is 4.74. The molecule has 0 amide bonds. The number of aliphatic imine (C=N–C) groups is 1. The zero-order valence-corrected chi connectivity index (χ0v) is 15.3. The summed E-state index contributed by atoms with van der Waals surface area (Å²) in [6.45, 7) is 4.48. The second-order valence-electron chi connectivity index (χ2n) is 5.74. The van der Waals surface area contributed by atoms with Crippen molar-refractivity contribution in [3.8, 4) is 17.2 Å². The van der Waals surface area contributed by atoms with E-state index in [2.05, 4.69) is 16.4 Å². The summed E-state index contributed by atoms with van der Waals surface area (Å²) in [5.41, 5.74) is 10.2. The first kappa shape index (κ1) is 18.4. The third kappa shape index (κ3) is 4.79. The highest BCUT2D eigenvalue weighted by Crippen LogP contribution is 2.38. The van der Waals surface area contributed by atoms with Crippen molar-refractivity contribution in [1.29, 1.82) is 0 Å². The molecule has 0 radical (unpaired) electrons. The van der Waals surface area contributed by atoms with Crippen LogP contribution in [0.1, 0.15) is 16.7 Å². The summed E-state index contributed by atoms with van der Waals surface area (Å²) in [6, 6.07) is 9.86. The largest absolute Gasteiger partial charge is 0.493 e. The van der Waals surface area contributed by atoms with Crippen LogP contribution in [0.5, 0.6) is 17.2 Å². The van der Waals surface area contributed by atoms with Gasteiger partial charge in [0.25, 0.3) is 0 Å². The Hall–Kier alpha value is -2.89. The molecule has 2 rings (SSSR count). The first-order valence-electron chi connectivity index (χ1n) is 7.91. The second kappa shape index (κ2) is 8.28. The minimum absolute atomic E-state index is 0.346. The fourth-order valence-electron chi connectivity index (χ4n) is 2.64. The molecule has 2 aromatic rings. The lowest BCUT2D eigenvalue weighted by Crippen LogP contribution is -2.22. The predicted molar refractivity (Wildman–Crippen MR) is 101 cm³/mol. The number of nitrogens with two attached hydrogens (primary N) is 1. The van der Waals surface area contributed by atoms with E-state index in [-0.39, 0.29) is 0 Å². The summed E-state index contributed by atoms with van der Waals surface area (Å²) < 4.78 is 16.0. The molecule has 0 aromatic heterocycles. The molecule has 0 fully saturated rings. The summed E-state index contributed by atoms with van der Waals surface area (Å²) in [4.78, 5) is 4.39. The van der Waals surface area contributed by atoms with E-state index in [1.165, 1.54) is 11.1 Å². The van der Waals surface area contributed by atoms with Gasteiger partial charge in [0.05, 0.1) is 27.9 Å². The molecule has 2 aromatic carbocycles. The number of guanidine groups is 1. The maximum atomic E-state index is 6.00. The number of nitrogens with one attached hydrogen (secondary N) is 1. The van der Waals surface area contributed by atoms with Gasteiger partial charge in [-0.2, -0.15) is 0 Å². The number of hydrogen-bond acceptors (Lipinski definition) is 4. The van der Waals surface area contributed by atoms with Crippen molar-refractivity contribution in [2.24, 2.45) is 10.7 Å². The Labute approximate surface area is 148 Å². The average Bonchev–Trinajstić information content (AvgIpc) is 2.57. The number of benzene rings is 2. The Morgan fingerprint density at radius 3 is 1.96 bits per heavy atom. The molecule has 3 N–H and O–H groups in total. The lowest BCUT2D eigenvalue weighted by Gasteiger charge is -2.13. The number of aryl methyl sites for hydroxylation is 2. The molecule has 0 atom stereocenters. The molecular formula is C19H25N3O3. The van der Waals surface area contributed by atoms with Gasteiger partial charge in [-0.25, -0.2) is 4.99 Å². The van der Waals surface area contributed by atoms with Crippen LogP contribution in [0.2, 0.25) is 0 Å². The second-order valence-corrected chi connectivity index (χ2v) is 5.74. The maximum absolute atomic E-state index is 6.00. The van der Waals surface area contributed by atoms with Crippen molar-refractivity contribution in [3.05, 3.63) is 47.0 Å². The monoisotopic (exact) mass is 343 g/mol. The zero-order valence-electron chi connectivity index (χ0n) is 15.3. The van der Waals surface area contributed by atoms with Gasteiger partial charge in [-0.1, -0.05) is 6.07 Å². The highest BCUT2D eigenvalue weighted by Gasteiger charge is 2.12. The van der Waals surface area contributed by atoms with E-state index in [0.29, 0.717) is 29.8 Å². The van der Waals surface area contributed by atoms with E-state index < -0.39 is 0 Å². The zero-order chi connectivity index (χ0) is 18.4. The standard InChI is InChI=1S/C19H25N3O3/c1-12-6-13(2)8-15(7-12)22-19(20)21-11-14-9-16(23-3)18(25-5)17(10-14)24-4/h6-10H,11H2,1-5H3,(H3,20,21,22). The van der Waals surface area contributed by atoms with Crippen LogP contribution in [0.15, 0.2) is 35.3 Å². The Kier molecular flexibility index (Phi) is 6.11. The van der Waals surface area contributed by atoms with Crippen molar-refractivity contribution in [3.63, 3.8) is 0 Å². The lowest BCUT2D eigenvalue weighted by molar-refractivity contribution is 0.324. The van der Waals surface area contributed by atoms with Gasteiger partial charge in [-0.3, -0.25) is 0 Å². The SMILES string of the molecule is COc1cc(CN=C(N)Nc2cc(C)cc(C)c2)cc(OC)c1OC. The van der Waals surface area contributed by atoms with E-state index in [1.54, 1.807) is 21.3 Å². The molecule has 0 heterocycles. The quantitative estimate of drug-likeness (QED) is 0.622. The molecule has 134 valence electrons. The summed E-state index contributed by atoms with van der Waals surface area (Å²) in [6.07, 6.45) is 0. The maximum Gasteiger partial charge on any atom is 0.203 e. The number of methoxy groups -OCH3 is 3. The minimum atomic E-state index is 0.346. The fourth-order valence-corrected chi connectivity index (χ4v) is 2.64. The van der Waals surface area contributed by atoms with E-state index in [1.807, 2.05) is 38.1 Å². The highest BCUT2D eigenvalue weighted by molar-refractivity contribution is 5.92. The number of nitrogens with zero attached hydrogens (tertiary/aromatic N) is 1. The Bertz CT molecular complexity index is 727. The third-order valence-corrected chi connectivity index (χ3v) is 3.65. The van der Waals surface area contributed by atoms with Crippen molar-refractivity contribution < 1.29 is 14.2 Å². The van der Waals surface area contributed by atoms with Crippen molar-refractivity contribution in [1.82, 2.24) is 0 Å². The molecule has 0 spiro atoms. The van der Waals surface area contributed by atoms with Crippen LogP contribution in [0.3, 0.4) is 0 Å². The minimum Gasteiger partial charge on any atom is -0.493 e. The molecule has 0 aliphatic heterocycles. The molecule has 0 aliphatic carbocycles. The summed E-state index contributed by atoms with van der Waals surface area (Å²) in [5, 5.41) is 3.11. The number of anilines is 1. The Morgan fingerprint density at radius 1 is 0.920 bits per heavy atom. The van der Waals surface area contributed by atoms with Crippen LogP contribution < -0.4 is 25.3 Å². The molecule has 25 heavy (non-hydrogen) atoms. The molecule has 6 heteroatoms. The topological polar surface area (TPSA) is 78.1 Å². The van der Waals surface area contributed by atoms with Gasteiger partial charge in [0.15, 0.2) is 17.5 Å². The number of hydrogen-bond donors (Lipinski definition) is 2. The highest BCUT2D eigenvalue weighted by atomic mass is 16.5. The van der Waals surface area contributed by atoms with Crippen LogP contribution in [0, 0.1) is 13.8 Å². The molecule has 0 bridgehead atoms. The Morgan fingerprint density at radius 2 is 1.48 bits per heavy atom. The first-order chi connectivity index (χ1) is 12.0. The average molecular weight is 343 g/mol. The van der Waals surface area contributed by atoms with Gasteiger partial charge in [-0.05, 0) is 54.8 Å². The van der Waals surface area contributed by atoms with Crippen LogP contribution in [0.25, 0.3) is 0 Å². The van der Waals surface area contributed by atoms with Gasteiger partial charge < -0.3 is 25.3 Å². The smallest absolute Gasteiger partial charge is 0.203 e. The van der Waals surface area contributed by atoms with E-state index >= 15 is 0 Å². The normalized spacial score (nSPS) is 11.2. The van der Waals surface area contributed by atoms with Gasteiger partial charge >= 0.3 is 0 Å². The molecular weight excluding hydrogens is 318 g/mol. The lowest BCUT2D eigenvalue weighted by atomic mass is 10.1. The van der Waals surface area contributed by atoms with Gasteiger partial charge in [-0.15, -0.1) is 0 Å². The van der Waals surface area contributed by atoms with E-state index in [4.69, 9.17) is 19.9 Å². The Balaban J connectivity index is 2.17. The van der Waals surface area contributed by atoms with Crippen LogP contribution in [0.4, 0.5) is 5.69 Å². The van der Waals surface area contributed by atoms with E-state index in [9.17, 15) is 0 Å². The first-order valence-corrected chi connectivity index (χ1v) is 7.91. The van der Waals surface area contributed by atoms with Crippen molar-refractivity contribution in [2.75, 3.05) is 26.6 Å². The molecule has 0 saturated heterocycles. The summed E-state index contributed by atoms with van der Waals surface area (Å²) >= 11 is 0. The molecule has 0 unspecified atom stereocenters. The van der Waals surface area contributed by atoms with Gasteiger partial charge in [0.1, 0.15) is 0 Å². The van der Waals surface area contributed by atoms with Crippen LogP contribution in [-0.2, 0) is 6.54 Å². The molecule has 6 nitrogen and oxygen atoms in total. The fraction of sp³-hybridized carbons (Fsp3) is 0.316. The van der Waals surface area contributed by atoms with Crippen LogP contribution >= 0.6 is 0 Å².